The van der Waals surface area contributed by atoms with Gasteiger partial charge in [0.05, 0.1) is 7.11 Å². The summed E-state index contributed by atoms with van der Waals surface area (Å²) in [5, 5.41) is 8.97. The Morgan fingerprint density at radius 2 is 2.00 bits per heavy atom. The first kappa shape index (κ1) is 12.1. The van der Waals surface area contributed by atoms with E-state index < -0.39 is 5.97 Å². The van der Waals surface area contributed by atoms with Crippen molar-refractivity contribution in [2.24, 2.45) is 0 Å². The highest BCUT2D eigenvalue weighted by molar-refractivity contribution is 9.10. The Bertz CT molecular complexity index is 545. The van der Waals surface area contributed by atoms with Crippen LogP contribution in [0.1, 0.15) is 9.67 Å². The molecule has 0 aliphatic rings. The van der Waals surface area contributed by atoms with Crippen LogP contribution in [0.4, 0.5) is 0 Å². The van der Waals surface area contributed by atoms with E-state index in [1.165, 1.54) is 11.3 Å². The molecule has 0 spiro atoms. The lowest BCUT2D eigenvalue weighted by Crippen LogP contribution is -1.91. The summed E-state index contributed by atoms with van der Waals surface area (Å²) >= 11 is 4.49. The number of ether oxygens (including phenoxy) is 1. The number of methoxy groups -OCH3 is 1. The van der Waals surface area contributed by atoms with Crippen molar-refractivity contribution >= 4 is 33.2 Å². The summed E-state index contributed by atoms with van der Waals surface area (Å²) in [5.74, 6) is -0.135. The van der Waals surface area contributed by atoms with Gasteiger partial charge in [-0.05, 0) is 51.8 Å². The number of carboxylic acids is 1. The summed E-state index contributed by atoms with van der Waals surface area (Å²) in [7, 11) is 1.61. The molecule has 5 heteroatoms. The highest BCUT2D eigenvalue weighted by Crippen LogP contribution is 2.35. The van der Waals surface area contributed by atoms with E-state index in [1.54, 1.807) is 7.11 Å². The second kappa shape index (κ2) is 4.89. The van der Waals surface area contributed by atoms with Crippen LogP contribution in [0.2, 0.25) is 0 Å². The maximum absolute atomic E-state index is 10.9. The van der Waals surface area contributed by atoms with E-state index in [-0.39, 0.29) is 0 Å². The number of benzene rings is 1. The molecular formula is C12H9BrO3S. The fourth-order valence-corrected chi connectivity index (χ4v) is 3.10. The first-order valence-corrected chi connectivity index (χ1v) is 6.40. The second-order valence-electron chi connectivity index (χ2n) is 3.32. The third-order valence-corrected chi connectivity index (χ3v) is 4.32. The van der Waals surface area contributed by atoms with Crippen LogP contribution in [0.3, 0.4) is 0 Å². The molecule has 17 heavy (non-hydrogen) atoms. The third kappa shape index (κ3) is 2.50. The number of aromatic carboxylic acids is 1. The van der Waals surface area contributed by atoms with Crippen LogP contribution >= 0.6 is 27.3 Å². The van der Waals surface area contributed by atoms with Gasteiger partial charge in [0.1, 0.15) is 10.6 Å². The number of thiophene rings is 1. The molecule has 0 bridgehead atoms. The Labute approximate surface area is 111 Å². The Morgan fingerprint density at radius 3 is 2.47 bits per heavy atom. The zero-order chi connectivity index (χ0) is 12.4. The molecule has 0 aliphatic carbocycles. The Kier molecular flexibility index (Phi) is 3.49. The highest BCUT2D eigenvalue weighted by Gasteiger charge is 2.14. The predicted molar refractivity (Wildman–Crippen MR) is 71.0 cm³/mol. The van der Waals surface area contributed by atoms with Crippen molar-refractivity contribution in [3.8, 4) is 16.2 Å². The quantitative estimate of drug-likeness (QED) is 0.935. The van der Waals surface area contributed by atoms with Crippen LogP contribution in [0.5, 0.6) is 5.75 Å². The van der Waals surface area contributed by atoms with Gasteiger partial charge in [0, 0.05) is 9.35 Å². The fourth-order valence-electron chi connectivity index (χ4n) is 1.41. The first-order valence-electron chi connectivity index (χ1n) is 4.79. The Morgan fingerprint density at radius 1 is 1.35 bits per heavy atom. The zero-order valence-corrected chi connectivity index (χ0v) is 11.3. The van der Waals surface area contributed by atoms with Crippen molar-refractivity contribution in [2.75, 3.05) is 7.11 Å². The smallest absolute Gasteiger partial charge is 0.347 e. The van der Waals surface area contributed by atoms with E-state index in [4.69, 9.17) is 9.84 Å². The molecule has 88 valence electrons. The molecule has 1 aromatic carbocycles. The summed E-state index contributed by atoms with van der Waals surface area (Å²) in [6.45, 7) is 0. The van der Waals surface area contributed by atoms with Gasteiger partial charge >= 0.3 is 5.97 Å². The average molecular weight is 313 g/mol. The van der Waals surface area contributed by atoms with Crippen LogP contribution in [-0.2, 0) is 0 Å². The van der Waals surface area contributed by atoms with Crippen molar-refractivity contribution in [1.82, 2.24) is 0 Å². The average Bonchev–Trinajstić information content (AvgIpc) is 2.71. The van der Waals surface area contributed by atoms with Crippen LogP contribution in [0.25, 0.3) is 10.4 Å². The van der Waals surface area contributed by atoms with Crippen molar-refractivity contribution in [3.63, 3.8) is 0 Å². The Balaban J connectivity index is 2.39. The predicted octanol–water partition coefficient (Wildman–Crippen LogP) is 3.88. The van der Waals surface area contributed by atoms with E-state index in [9.17, 15) is 4.79 Å². The molecule has 3 nitrogen and oxygen atoms in total. The van der Waals surface area contributed by atoms with Gasteiger partial charge in [-0.1, -0.05) is 0 Å². The van der Waals surface area contributed by atoms with E-state index >= 15 is 0 Å². The molecular weight excluding hydrogens is 304 g/mol. The summed E-state index contributed by atoms with van der Waals surface area (Å²) < 4.78 is 5.68. The molecule has 0 radical (unpaired) electrons. The molecule has 0 amide bonds. The summed E-state index contributed by atoms with van der Waals surface area (Å²) in [4.78, 5) is 12.2. The molecule has 1 heterocycles. The van der Waals surface area contributed by atoms with Gasteiger partial charge in [-0.15, -0.1) is 11.3 Å². The number of carbonyl (C=O) groups is 1. The first-order chi connectivity index (χ1) is 8.11. The molecule has 2 rings (SSSR count). The van der Waals surface area contributed by atoms with Crippen LogP contribution < -0.4 is 4.74 Å². The lowest BCUT2D eigenvalue weighted by molar-refractivity contribution is 0.0701. The topological polar surface area (TPSA) is 46.5 Å². The number of halogens is 1. The van der Waals surface area contributed by atoms with Crippen LogP contribution in [0.15, 0.2) is 34.8 Å². The van der Waals surface area contributed by atoms with Crippen LogP contribution in [-0.4, -0.2) is 18.2 Å². The molecule has 0 atom stereocenters. The van der Waals surface area contributed by atoms with Gasteiger partial charge in [-0.2, -0.15) is 0 Å². The molecule has 1 aromatic heterocycles. The molecule has 0 saturated carbocycles. The summed E-state index contributed by atoms with van der Waals surface area (Å²) in [6, 6.07) is 9.33. The molecule has 1 N–H and O–H groups in total. The van der Waals surface area contributed by atoms with Gasteiger partial charge < -0.3 is 9.84 Å². The van der Waals surface area contributed by atoms with Gasteiger partial charge in [-0.25, -0.2) is 4.79 Å². The van der Waals surface area contributed by atoms with Crippen molar-refractivity contribution in [1.29, 1.82) is 0 Å². The van der Waals surface area contributed by atoms with Gasteiger partial charge in [0.2, 0.25) is 0 Å². The SMILES string of the molecule is COc1ccc(-c2cc(Br)c(C(=O)O)s2)cc1. The second-order valence-corrected chi connectivity index (χ2v) is 5.23. The standard InChI is InChI=1S/C12H9BrO3S/c1-16-8-4-2-7(3-5-8)10-6-9(13)11(17-10)12(14)15/h2-6H,1H3,(H,14,15). The van der Waals surface area contributed by atoms with Crippen molar-refractivity contribution < 1.29 is 14.6 Å². The monoisotopic (exact) mass is 312 g/mol. The van der Waals surface area contributed by atoms with Gasteiger partial charge in [0.25, 0.3) is 0 Å². The molecule has 0 saturated heterocycles. The minimum absolute atomic E-state index is 0.316. The van der Waals surface area contributed by atoms with E-state index in [0.29, 0.717) is 9.35 Å². The maximum Gasteiger partial charge on any atom is 0.347 e. The highest BCUT2D eigenvalue weighted by atomic mass is 79.9. The minimum Gasteiger partial charge on any atom is -0.497 e. The summed E-state index contributed by atoms with van der Waals surface area (Å²) in [6.07, 6.45) is 0. The van der Waals surface area contributed by atoms with E-state index in [1.807, 2.05) is 30.3 Å². The third-order valence-electron chi connectivity index (χ3n) is 2.26. The van der Waals surface area contributed by atoms with Gasteiger partial charge in [0.15, 0.2) is 0 Å². The maximum atomic E-state index is 10.9. The zero-order valence-electron chi connectivity index (χ0n) is 8.94. The fraction of sp³-hybridized carbons (Fsp3) is 0.0833. The minimum atomic E-state index is -0.915. The van der Waals surface area contributed by atoms with Crippen molar-refractivity contribution in [2.45, 2.75) is 0 Å². The molecule has 0 fully saturated rings. The molecule has 2 aromatic rings. The number of hydrogen-bond donors (Lipinski definition) is 1. The number of carboxylic acid groups (broad SMARTS) is 1. The molecule has 0 aliphatic heterocycles. The lowest BCUT2D eigenvalue weighted by atomic mass is 10.2. The van der Waals surface area contributed by atoms with Crippen molar-refractivity contribution in [3.05, 3.63) is 39.7 Å². The lowest BCUT2D eigenvalue weighted by Gasteiger charge is -2.00. The Hall–Kier alpha value is -1.33. The molecule has 0 unspecified atom stereocenters. The van der Waals surface area contributed by atoms with Crippen LogP contribution in [0, 0.1) is 0 Å². The van der Waals surface area contributed by atoms with Gasteiger partial charge in [-0.3, -0.25) is 0 Å². The number of rotatable bonds is 3. The summed E-state index contributed by atoms with van der Waals surface area (Å²) in [5.41, 5.74) is 0.976. The normalized spacial score (nSPS) is 10.2. The van der Waals surface area contributed by atoms with E-state index in [2.05, 4.69) is 15.9 Å². The number of hydrogen-bond acceptors (Lipinski definition) is 3. The largest absolute Gasteiger partial charge is 0.497 e. The van der Waals surface area contributed by atoms with E-state index in [0.717, 1.165) is 16.2 Å².